The van der Waals surface area contributed by atoms with Crippen LogP contribution in [0.4, 0.5) is 0 Å². The summed E-state index contributed by atoms with van der Waals surface area (Å²) >= 11 is 5.38. The first-order valence-electron chi connectivity index (χ1n) is 6.47. The molecule has 1 aromatic rings. The standard InChI is InChI=1S/C13H21BrN2S/c1-2-3-6-15-7-9-16(10-8-15)11-12-4-5-13(14)17-12/h4-5H,2-3,6-11H2,1H3. The van der Waals surface area contributed by atoms with Gasteiger partial charge in [-0.2, -0.15) is 0 Å². The third-order valence-corrected chi connectivity index (χ3v) is 4.91. The lowest BCUT2D eigenvalue weighted by Crippen LogP contribution is -2.45. The Kier molecular flexibility index (Phi) is 5.48. The Morgan fingerprint density at radius 1 is 1.18 bits per heavy atom. The summed E-state index contributed by atoms with van der Waals surface area (Å²) in [6, 6.07) is 4.38. The molecule has 2 rings (SSSR count). The van der Waals surface area contributed by atoms with Crippen LogP contribution in [0.25, 0.3) is 0 Å². The predicted molar refractivity (Wildman–Crippen MR) is 78.6 cm³/mol. The second-order valence-electron chi connectivity index (χ2n) is 4.68. The number of piperazine rings is 1. The molecule has 4 heteroatoms. The van der Waals surface area contributed by atoms with Crippen LogP contribution in [-0.2, 0) is 6.54 Å². The first-order chi connectivity index (χ1) is 8.28. The zero-order valence-electron chi connectivity index (χ0n) is 10.5. The summed E-state index contributed by atoms with van der Waals surface area (Å²) in [5.74, 6) is 0. The summed E-state index contributed by atoms with van der Waals surface area (Å²) in [5, 5.41) is 0. The molecule has 0 saturated carbocycles. The van der Waals surface area contributed by atoms with Crippen molar-refractivity contribution in [2.45, 2.75) is 26.3 Å². The lowest BCUT2D eigenvalue weighted by atomic mass is 10.2. The Labute approximate surface area is 117 Å². The fraction of sp³-hybridized carbons (Fsp3) is 0.692. The van der Waals surface area contributed by atoms with Crippen molar-refractivity contribution in [2.24, 2.45) is 0 Å². The fourth-order valence-electron chi connectivity index (χ4n) is 2.21. The number of thiophene rings is 1. The van der Waals surface area contributed by atoms with Crippen LogP contribution in [0.5, 0.6) is 0 Å². The van der Waals surface area contributed by atoms with Crippen LogP contribution in [0.3, 0.4) is 0 Å². The van der Waals surface area contributed by atoms with Crippen molar-refractivity contribution in [1.82, 2.24) is 9.80 Å². The van der Waals surface area contributed by atoms with Gasteiger partial charge in [0.1, 0.15) is 0 Å². The van der Waals surface area contributed by atoms with Crippen LogP contribution in [0.2, 0.25) is 0 Å². The van der Waals surface area contributed by atoms with Crippen LogP contribution in [0.1, 0.15) is 24.6 Å². The van der Waals surface area contributed by atoms with Crippen LogP contribution < -0.4 is 0 Å². The van der Waals surface area contributed by atoms with E-state index in [-0.39, 0.29) is 0 Å². The Morgan fingerprint density at radius 3 is 2.47 bits per heavy atom. The molecule has 0 atom stereocenters. The van der Waals surface area contributed by atoms with Gasteiger partial charge in [-0.15, -0.1) is 11.3 Å². The van der Waals surface area contributed by atoms with Gasteiger partial charge in [-0.3, -0.25) is 4.90 Å². The van der Waals surface area contributed by atoms with Gasteiger partial charge >= 0.3 is 0 Å². The van der Waals surface area contributed by atoms with Crippen LogP contribution >= 0.6 is 27.3 Å². The van der Waals surface area contributed by atoms with Gasteiger partial charge in [-0.25, -0.2) is 0 Å². The van der Waals surface area contributed by atoms with E-state index in [4.69, 9.17) is 0 Å². The summed E-state index contributed by atoms with van der Waals surface area (Å²) in [5.41, 5.74) is 0. The van der Waals surface area contributed by atoms with Crippen molar-refractivity contribution in [2.75, 3.05) is 32.7 Å². The number of rotatable bonds is 5. The van der Waals surface area contributed by atoms with Crippen molar-refractivity contribution in [1.29, 1.82) is 0 Å². The van der Waals surface area contributed by atoms with E-state index < -0.39 is 0 Å². The monoisotopic (exact) mass is 316 g/mol. The molecule has 0 aliphatic carbocycles. The molecule has 1 saturated heterocycles. The van der Waals surface area contributed by atoms with Crippen molar-refractivity contribution >= 4 is 27.3 Å². The number of hydrogen-bond acceptors (Lipinski definition) is 3. The Morgan fingerprint density at radius 2 is 1.88 bits per heavy atom. The quantitative estimate of drug-likeness (QED) is 0.821. The van der Waals surface area contributed by atoms with E-state index in [1.54, 1.807) is 0 Å². The fourth-order valence-corrected chi connectivity index (χ4v) is 3.74. The predicted octanol–water partition coefficient (Wildman–Crippen LogP) is 3.43. The van der Waals surface area contributed by atoms with Crippen LogP contribution in [-0.4, -0.2) is 42.5 Å². The zero-order chi connectivity index (χ0) is 12.1. The van der Waals surface area contributed by atoms with Crippen molar-refractivity contribution in [3.63, 3.8) is 0 Å². The minimum absolute atomic E-state index is 1.12. The highest BCUT2D eigenvalue weighted by molar-refractivity contribution is 9.11. The highest BCUT2D eigenvalue weighted by Crippen LogP contribution is 2.23. The van der Waals surface area contributed by atoms with E-state index in [0.29, 0.717) is 0 Å². The van der Waals surface area contributed by atoms with Gasteiger partial charge in [0.25, 0.3) is 0 Å². The van der Waals surface area contributed by atoms with Crippen LogP contribution in [0, 0.1) is 0 Å². The summed E-state index contributed by atoms with van der Waals surface area (Å²) in [6.07, 6.45) is 2.65. The molecule has 2 heterocycles. The van der Waals surface area contributed by atoms with Gasteiger partial charge in [0.2, 0.25) is 0 Å². The molecule has 0 spiro atoms. The third-order valence-electron chi connectivity index (χ3n) is 3.30. The average molecular weight is 317 g/mol. The van der Waals surface area contributed by atoms with Crippen LogP contribution in [0.15, 0.2) is 15.9 Å². The van der Waals surface area contributed by atoms with Crippen molar-refractivity contribution in [3.05, 3.63) is 20.8 Å². The molecular formula is C13H21BrN2S. The molecule has 0 amide bonds. The number of unbranched alkanes of at least 4 members (excludes halogenated alkanes) is 1. The molecule has 2 nitrogen and oxygen atoms in total. The molecular weight excluding hydrogens is 296 g/mol. The SMILES string of the molecule is CCCCN1CCN(Cc2ccc(Br)s2)CC1. The summed E-state index contributed by atoms with van der Waals surface area (Å²) in [7, 11) is 0. The molecule has 0 radical (unpaired) electrons. The molecule has 0 N–H and O–H groups in total. The molecule has 0 unspecified atom stereocenters. The van der Waals surface area contributed by atoms with E-state index in [9.17, 15) is 0 Å². The maximum absolute atomic E-state index is 3.53. The van der Waals surface area contributed by atoms with E-state index in [0.717, 1.165) is 6.54 Å². The first-order valence-corrected chi connectivity index (χ1v) is 8.08. The second-order valence-corrected chi connectivity index (χ2v) is 7.22. The van der Waals surface area contributed by atoms with E-state index in [1.165, 1.54) is 54.2 Å². The largest absolute Gasteiger partial charge is 0.301 e. The highest BCUT2D eigenvalue weighted by atomic mass is 79.9. The van der Waals surface area contributed by atoms with Crippen molar-refractivity contribution in [3.8, 4) is 0 Å². The van der Waals surface area contributed by atoms with Gasteiger partial charge in [-0.1, -0.05) is 13.3 Å². The first kappa shape index (κ1) is 13.5. The number of hydrogen-bond donors (Lipinski definition) is 0. The van der Waals surface area contributed by atoms with E-state index in [1.807, 2.05) is 11.3 Å². The maximum atomic E-state index is 3.53. The zero-order valence-corrected chi connectivity index (χ0v) is 12.9. The molecule has 1 aliphatic heterocycles. The Bertz CT molecular complexity index is 332. The Hall–Kier alpha value is 0.1000. The van der Waals surface area contributed by atoms with E-state index in [2.05, 4.69) is 44.8 Å². The maximum Gasteiger partial charge on any atom is 0.0701 e. The lowest BCUT2D eigenvalue weighted by Gasteiger charge is -2.34. The molecule has 0 bridgehead atoms. The molecule has 1 aliphatic rings. The second kappa shape index (κ2) is 6.88. The summed E-state index contributed by atoms with van der Waals surface area (Å²) in [4.78, 5) is 6.64. The topological polar surface area (TPSA) is 6.48 Å². The van der Waals surface area contributed by atoms with Gasteiger partial charge in [0, 0.05) is 37.6 Å². The Balaban J connectivity index is 1.72. The summed E-state index contributed by atoms with van der Waals surface area (Å²) in [6.45, 7) is 9.61. The molecule has 1 fully saturated rings. The van der Waals surface area contributed by atoms with Gasteiger partial charge in [0.05, 0.1) is 3.79 Å². The summed E-state index contributed by atoms with van der Waals surface area (Å²) < 4.78 is 1.24. The lowest BCUT2D eigenvalue weighted by molar-refractivity contribution is 0.127. The molecule has 96 valence electrons. The molecule has 17 heavy (non-hydrogen) atoms. The minimum Gasteiger partial charge on any atom is -0.301 e. The van der Waals surface area contributed by atoms with Gasteiger partial charge in [0.15, 0.2) is 0 Å². The van der Waals surface area contributed by atoms with Crippen molar-refractivity contribution < 1.29 is 0 Å². The van der Waals surface area contributed by atoms with Gasteiger partial charge in [-0.05, 0) is 41.0 Å². The van der Waals surface area contributed by atoms with E-state index >= 15 is 0 Å². The average Bonchev–Trinajstić information content (AvgIpc) is 2.74. The smallest absolute Gasteiger partial charge is 0.0701 e. The van der Waals surface area contributed by atoms with Gasteiger partial charge < -0.3 is 4.90 Å². The minimum atomic E-state index is 1.12. The molecule has 1 aromatic heterocycles. The normalized spacial score (nSPS) is 18.7. The number of halogens is 1. The highest BCUT2D eigenvalue weighted by Gasteiger charge is 2.16. The molecule has 0 aromatic carbocycles. The third kappa shape index (κ3) is 4.36. The number of nitrogens with zero attached hydrogens (tertiary/aromatic N) is 2.